The summed E-state index contributed by atoms with van der Waals surface area (Å²) >= 11 is 0. The lowest BCUT2D eigenvalue weighted by Gasteiger charge is -2.20. The number of β-amino-alcohol motifs (C(OH)–C–C–N with tert-alkyl or cyclic N) is 1. The highest BCUT2D eigenvalue weighted by molar-refractivity contribution is 5.93. The van der Waals surface area contributed by atoms with Gasteiger partial charge in [0, 0.05) is 42.0 Å². The minimum atomic E-state index is -0.401. The van der Waals surface area contributed by atoms with Crippen molar-refractivity contribution in [1.82, 2.24) is 4.98 Å². The fraction of sp³-hybridized carbons (Fsp3) is 0.357. The summed E-state index contributed by atoms with van der Waals surface area (Å²) in [4.78, 5) is 17.0. The Morgan fingerprint density at radius 3 is 2.90 bits per heavy atom. The van der Waals surface area contributed by atoms with Crippen LogP contribution in [0.3, 0.4) is 0 Å². The van der Waals surface area contributed by atoms with Gasteiger partial charge in [0.1, 0.15) is 0 Å². The van der Waals surface area contributed by atoms with E-state index in [0.717, 1.165) is 35.2 Å². The number of nitro benzene ring substituents is 1. The van der Waals surface area contributed by atoms with Gasteiger partial charge in [-0.1, -0.05) is 0 Å². The number of rotatable bonds is 2. The maximum atomic E-state index is 10.9. The predicted molar refractivity (Wildman–Crippen MR) is 76.0 cm³/mol. The summed E-state index contributed by atoms with van der Waals surface area (Å²) in [6.45, 7) is 3.21. The van der Waals surface area contributed by atoms with Gasteiger partial charge in [-0.05, 0) is 25.5 Å². The molecule has 2 aromatic rings. The van der Waals surface area contributed by atoms with Crippen molar-refractivity contribution in [3.8, 4) is 0 Å². The molecule has 2 heterocycles. The van der Waals surface area contributed by atoms with Crippen LogP contribution in [0.2, 0.25) is 0 Å². The molecule has 3 rings (SSSR count). The molecule has 0 aliphatic carbocycles. The number of aromatic nitrogens is 1. The molecular formula is C14H15N3O3. The Morgan fingerprint density at radius 2 is 2.25 bits per heavy atom. The lowest BCUT2D eigenvalue weighted by molar-refractivity contribution is -0.384. The second-order valence-electron chi connectivity index (χ2n) is 5.13. The molecule has 1 N–H and O–H groups in total. The normalized spacial score (nSPS) is 18.7. The monoisotopic (exact) mass is 273 g/mol. The van der Waals surface area contributed by atoms with Gasteiger partial charge in [-0.3, -0.25) is 15.1 Å². The largest absolute Gasteiger partial charge is 0.391 e. The summed E-state index contributed by atoms with van der Waals surface area (Å²) in [5, 5.41) is 21.4. The molecule has 0 spiro atoms. The lowest BCUT2D eigenvalue weighted by Crippen LogP contribution is -2.21. The maximum Gasteiger partial charge on any atom is 0.270 e. The number of anilines is 1. The third kappa shape index (κ3) is 2.18. The first-order valence-corrected chi connectivity index (χ1v) is 6.53. The Kier molecular flexibility index (Phi) is 3.02. The number of benzene rings is 1. The van der Waals surface area contributed by atoms with Gasteiger partial charge in [-0.25, -0.2) is 0 Å². The number of hydrogen-bond donors (Lipinski definition) is 1. The first kappa shape index (κ1) is 12.8. The number of aryl methyl sites for hydroxylation is 1. The van der Waals surface area contributed by atoms with Crippen LogP contribution in [0.25, 0.3) is 10.9 Å². The van der Waals surface area contributed by atoms with Gasteiger partial charge in [0.2, 0.25) is 0 Å². The number of nitrogens with zero attached hydrogens (tertiary/aromatic N) is 3. The second kappa shape index (κ2) is 4.72. The van der Waals surface area contributed by atoms with E-state index in [1.54, 1.807) is 12.1 Å². The van der Waals surface area contributed by atoms with Gasteiger partial charge in [-0.2, -0.15) is 0 Å². The Hall–Kier alpha value is -2.21. The van der Waals surface area contributed by atoms with E-state index in [-0.39, 0.29) is 11.8 Å². The number of non-ortho nitro benzene ring substituents is 1. The molecule has 1 aromatic carbocycles. The van der Waals surface area contributed by atoms with Crippen molar-refractivity contribution in [2.45, 2.75) is 19.4 Å². The average molecular weight is 273 g/mol. The molecule has 1 fully saturated rings. The van der Waals surface area contributed by atoms with Gasteiger partial charge in [-0.15, -0.1) is 0 Å². The van der Waals surface area contributed by atoms with Crippen LogP contribution < -0.4 is 4.90 Å². The zero-order valence-electron chi connectivity index (χ0n) is 11.1. The lowest BCUT2D eigenvalue weighted by atomic mass is 10.1. The Bertz CT molecular complexity index is 687. The van der Waals surface area contributed by atoms with Crippen molar-refractivity contribution in [1.29, 1.82) is 0 Å². The molecule has 0 bridgehead atoms. The van der Waals surface area contributed by atoms with E-state index in [1.165, 1.54) is 6.07 Å². The van der Waals surface area contributed by atoms with Crippen LogP contribution in [-0.4, -0.2) is 34.2 Å². The fourth-order valence-electron chi connectivity index (χ4n) is 2.66. The van der Waals surface area contributed by atoms with E-state index in [4.69, 9.17) is 0 Å². The molecule has 6 nitrogen and oxygen atoms in total. The molecule has 104 valence electrons. The first-order chi connectivity index (χ1) is 9.54. The molecule has 1 unspecified atom stereocenters. The summed E-state index contributed by atoms with van der Waals surface area (Å²) in [7, 11) is 0. The SMILES string of the molecule is Cc1cc(N2CCC(O)C2)c2cc([N+](=O)[O-])ccc2n1. The smallest absolute Gasteiger partial charge is 0.270 e. The van der Waals surface area contributed by atoms with Crippen molar-refractivity contribution in [2.75, 3.05) is 18.0 Å². The maximum absolute atomic E-state index is 10.9. The van der Waals surface area contributed by atoms with Crippen molar-refractivity contribution in [2.24, 2.45) is 0 Å². The first-order valence-electron chi connectivity index (χ1n) is 6.53. The molecule has 1 saturated heterocycles. The van der Waals surface area contributed by atoms with Crippen LogP contribution in [0.4, 0.5) is 11.4 Å². The number of nitro groups is 1. The molecule has 0 saturated carbocycles. The van der Waals surface area contributed by atoms with Crippen molar-refractivity contribution < 1.29 is 10.0 Å². The van der Waals surface area contributed by atoms with Crippen LogP contribution in [0.1, 0.15) is 12.1 Å². The molecule has 1 aromatic heterocycles. The zero-order chi connectivity index (χ0) is 14.3. The van der Waals surface area contributed by atoms with E-state index >= 15 is 0 Å². The Labute approximate surface area is 115 Å². The minimum Gasteiger partial charge on any atom is -0.391 e. The topological polar surface area (TPSA) is 79.5 Å². The third-order valence-corrected chi connectivity index (χ3v) is 3.61. The van der Waals surface area contributed by atoms with Crippen molar-refractivity contribution in [3.05, 3.63) is 40.1 Å². The molecule has 1 aliphatic rings. The van der Waals surface area contributed by atoms with Gasteiger partial charge >= 0.3 is 0 Å². The predicted octanol–water partition coefficient (Wildman–Crippen LogP) is 2.02. The number of pyridine rings is 1. The molecule has 1 atom stereocenters. The highest BCUT2D eigenvalue weighted by Gasteiger charge is 2.23. The molecule has 20 heavy (non-hydrogen) atoms. The molecule has 6 heteroatoms. The van der Waals surface area contributed by atoms with E-state index in [9.17, 15) is 15.2 Å². The van der Waals surface area contributed by atoms with Gasteiger partial charge in [0.05, 0.1) is 16.5 Å². The highest BCUT2D eigenvalue weighted by atomic mass is 16.6. The third-order valence-electron chi connectivity index (χ3n) is 3.61. The quantitative estimate of drug-likeness (QED) is 0.669. The minimum absolute atomic E-state index is 0.0594. The van der Waals surface area contributed by atoms with Crippen LogP contribution in [0, 0.1) is 17.0 Å². The van der Waals surface area contributed by atoms with Crippen LogP contribution >= 0.6 is 0 Å². The van der Waals surface area contributed by atoms with E-state index in [0.29, 0.717) is 6.54 Å². The average Bonchev–Trinajstić information content (AvgIpc) is 2.83. The molecule has 0 amide bonds. The summed E-state index contributed by atoms with van der Waals surface area (Å²) in [6, 6.07) is 6.62. The van der Waals surface area contributed by atoms with Gasteiger partial charge < -0.3 is 10.0 Å². The number of aliphatic hydroxyl groups is 1. The highest BCUT2D eigenvalue weighted by Crippen LogP contribution is 2.31. The Morgan fingerprint density at radius 1 is 1.45 bits per heavy atom. The summed E-state index contributed by atoms with van der Waals surface area (Å²) in [5.41, 5.74) is 2.58. The number of fused-ring (bicyclic) bond motifs is 1. The summed E-state index contributed by atoms with van der Waals surface area (Å²) in [6.07, 6.45) is 0.384. The molecular weight excluding hydrogens is 258 g/mol. The molecule has 1 aliphatic heterocycles. The second-order valence-corrected chi connectivity index (χ2v) is 5.13. The van der Waals surface area contributed by atoms with Crippen LogP contribution in [0.5, 0.6) is 0 Å². The fourth-order valence-corrected chi connectivity index (χ4v) is 2.66. The summed E-state index contributed by atoms with van der Waals surface area (Å²) < 4.78 is 0. The number of hydrogen-bond acceptors (Lipinski definition) is 5. The van der Waals surface area contributed by atoms with E-state index in [1.807, 2.05) is 13.0 Å². The van der Waals surface area contributed by atoms with Gasteiger partial charge in [0.15, 0.2) is 0 Å². The van der Waals surface area contributed by atoms with Crippen LogP contribution in [-0.2, 0) is 0 Å². The van der Waals surface area contributed by atoms with Crippen molar-refractivity contribution in [3.63, 3.8) is 0 Å². The van der Waals surface area contributed by atoms with Gasteiger partial charge in [0.25, 0.3) is 5.69 Å². The number of aliphatic hydroxyl groups excluding tert-OH is 1. The molecule has 0 radical (unpaired) electrons. The van der Waals surface area contributed by atoms with Crippen molar-refractivity contribution >= 4 is 22.3 Å². The Balaban J connectivity index is 2.18. The zero-order valence-corrected chi connectivity index (χ0v) is 11.1. The standard InChI is InChI=1S/C14H15N3O3/c1-9-6-14(16-5-4-11(18)8-16)12-7-10(17(19)20)2-3-13(12)15-9/h2-3,6-7,11,18H,4-5,8H2,1H3. The van der Waals surface area contributed by atoms with Crippen LogP contribution in [0.15, 0.2) is 24.3 Å². The van der Waals surface area contributed by atoms with E-state index in [2.05, 4.69) is 9.88 Å². The summed E-state index contributed by atoms with van der Waals surface area (Å²) in [5.74, 6) is 0. The van der Waals surface area contributed by atoms with E-state index < -0.39 is 4.92 Å².